The summed E-state index contributed by atoms with van der Waals surface area (Å²) in [5.41, 5.74) is 2.52. The van der Waals surface area contributed by atoms with Gasteiger partial charge in [-0.3, -0.25) is 0 Å². The minimum absolute atomic E-state index is 0.486. The van der Waals surface area contributed by atoms with Crippen LogP contribution >= 0.6 is 0 Å². The van der Waals surface area contributed by atoms with E-state index in [1.54, 1.807) is 0 Å². The molecule has 0 saturated carbocycles. The Kier molecular flexibility index (Phi) is 4.06. The van der Waals surface area contributed by atoms with E-state index >= 15 is 0 Å². The molecule has 1 N–H and O–H groups in total. The first-order valence-electron chi connectivity index (χ1n) is 6.80. The lowest BCUT2D eigenvalue weighted by Crippen LogP contribution is -2.39. The van der Waals surface area contributed by atoms with Gasteiger partial charge in [0.25, 0.3) is 0 Å². The minimum Gasteiger partial charge on any atom is -0.508 e. The van der Waals surface area contributed by atoms with Gasteiger partial charge in [0, 0.05) is 6.04 Å². The van der Waals surface area contributed by atoms with Gasteiger partial charge in [0.05, 0.1) is 0 Å². The molecule has 0 fully saturated rings. The molecule has 0 radical (unpaired) electrons. The van der Waals surface area contributed by atoms with Crippen molar-refractivity contribution in [2.75, 3.05) is 13.1 Å². The Morgan fingerprint density at radius 3 is 2.88 bits per heavy atom. The summed E-state index contributed by atoms with van der Waals surface area (Å²) in [6.45, 7) is 6.81. The zero-order valence-corrected chi connectivity index (χ0v) is 10.9. The topological polar surface area (TPSA) is 23.5 Å². The van der Waals surface area contributed by atoms with E-state index in [9.17, 15) is 5.11 Å². The van der Waals surface area contributed by atoms with Gasteiger partial charge in [-0.25, -0.2) is 0 Å². The quantitative estimate of drug-likeness (QED) is 0.864. The lowest BCUT2D eigenvalue weighted by Gasteiger charge is -2.34. The maximum atomic E-state index is 9.83. The number of nitrogens with zero attached hydrogens (tertiary/aromatic N) is 1. The number of hydrogen-bond donors (Lipinski definition) is 1. The molecule has 0 amide bonds. The Bertz CT molecular complexity index is 375. The van der Waals surface area contributed by atoms with E-state index < -0.39 is 0 Å². The van der Waals surface area contributed by atoms with Gasteiger partial charge < -0.3 is 10.0 Å². The molecule has 2 heteroatoms. The van der Waals surface area contributed by atoms with Gasteiger partial charge in [0.15, 0.2) is 0 Å². The third-order valence-corrected chi connectivity index (χ3v) is 3.86. The summed E-state index contributed by atoms with van der Waals surface area (Å²) < 4.78 is 0. The van der Waals surface area contributed by atoms with Gasteiger partial charge in [-0.05, 0) is 56.0 Å². The molecule has 2 nitrogen and oxygen atoms in total. The Morgan fingerprint density at radius 1 is 1.35 bits per heavy atom. The highest BCUT2D eigenvalue weighted by Crippen LogP contribution is 2.30. The molecule has 0 bridgehead atoms. The first kappa shape index (κ1) is 12.4. The summed E-state index contributed by atoms with van der Waals surface area (Å²) in [6, 6.07) is 6.60. The van der Waals surface area contributed by atoms with E-state index in [4.69, 9.17) is 0 Å². The molecule has 0 heterocycles. The molecular weight excluding hydrogens is 210 g/mol. The van der Waals surface area contributed by atoms with Crippen LogP contribution in [0.5, 0.6) is 5.75 Å². The van der Waals surface area contributed by atoms with E-state index in [1.807, 2.05) is 12.1 Å². The molecule has 1 aromatic carbocycles. The Hall–Kier alpha value is -1.02. The highest BCUT2D eigenvalue weighted by atomic mass is 16.3. The van der Waals surface area contributed by atoms with E-state index in [1.165, 1.54) is 30.5 Å². The average Bonchev–Trinajstić information content (AvgIpc) is 2.36. The summed E-state index contributed by atoms with van der Waals surface area (Å²) in [7, 11) is 0. The largest absolute Gasteiger partial charge is 0.508 e. The maximum absolute atomic E-state index is 9.83. The molecule has 0 aromatic heterocycles. The number of fused-ring (bicyclic) bond motifs is 1. The van der Waals surface area contributed by atoms with E-state index in [-0.39, 0.29) is 0 Å². The van der Waals surface area contributed by atoms with Crippen LogP contribution in [0.1, 0.15) is 37.8 Å². The number of likely N-dealkylation sites (N-methyl/N-ethyl adjacent to an activating group) is 1. The van der Waals surface area contributed by atoms with Crippen LogP contribution in [0, 0.1) is 0 Å². The van der Waals surface area contributed by atoms with Crippen molar-refractivity contribution >= 4 is 0 Å². The summed E-state index contributed by atoms with van der Waals surface area (Å²) >= 11 is 0. The molecule has 1 aliphatic carbocycles. The number of aromatic hydroxyl groups is 1. The number of phenols is 1. The van der Waals surface area contributed by atoms with Crippen molar-refractivity contribution in [2.45, 2.75) is 45.6 Å². The molecule has 0 spiro atoms. The van der Waals surface area contributed by atoms with Crippen molar-refractivity contribution in [3.05, 3.63) is 29.3 Å². The molecule has 1 aromatic rings. The van der Waals surface area contributed by atoms with Crippen LogP contribution in [0.25, 0.3) is 0 Å². The molecule has 0 saturated heterocycles. The monoisotopic (exact) mass is 233 g/mol. The fourth-order valence-corrected chi connectivity index (χ4v) is 2.97. The van der Waals surface area contributed by atoms with Crippen LogP contribution in [-0.4, -0.2) is 29.1 Å². The number of rotatable bonds is 4. The van der Waals surface area contributed by atoms with Crippen molar-refractivity contribution in [2.24, 2.45) is 0 Å². The lowest BCUT2D eigenvalue weighted by atomic mass is 9.87. The fraction of sp³-hybridized carbons (Fsp3) is 0.600. The van der Waals surface area contributed by atoms with Gasteiger partial charge in [-0.2, -0.15) is 0 Å². The Balaban J connectivity index is 2.12. The van der Waals surface area contributed by atoms with Crippen LogP contribution in [0.2, 0.25) is 0 Å². The second-order valence-electron chi connectivity index (χ2n) is 4.94. The predicted molar refractivity (Wildman–Crippen MR) is 71.5 cm³/mol. The minimum atomic E-state index is 0.486. The zero-order valence-electron chi connectivity index (χ0n) is 10.9. The first-order valence-corrected chi connectivity index (χ1v) is 6.80. The van der Waals surface area contributed by atoms with Gasteiger partial charge in [0.2, 0.25) is 0 Å². The van der Waals surface area contributed by atoms with Crippen molar-refractivity contribution in [1.82, 2.24) is 4.90 Å². The van der Waals surface area contributed by atoms with Crippen LogP contribution in [0.3, 0.4) is 0 Å². The fourth-order valence-electron chi connectivity index (χ4n) is 2.97. The predicted octanol–water partition coefficient (Wildman–Crippen LogP) is 2.98. The van der Waals surface area contributed by atoms with Crippen LogP contribution in [-0.2, 0) is 12.8 Å². The summed E-state index contributed by atoms with van der Waals surface area (Å²) in [4.78, 5) is 2.58. The second-order valence-corrected chi connectivity index (χ2v) is 4.94. The third-order valence-electron chi connectivity index (χ3n) is 3.86. The molecule has 0 aliphatic heterocycles. The first-order chi connectivity index (χ1) is 8.26. The Morgan fingerprint density at radius 2 is 2.18 bits per heavy atom. The Labute approximate surface area is 104 Å². The second kappa shape index (κ2) is 5.54. The third kappa shape index (κ3) is 2.63. The van der Waals surface area contributed by atoms with Crippen molar-refractivity contribution in [3.8, 4) is 5.75 Å². The lowest BCUT2D eigenvalue weighted by molar-refractivity contribution is 0.188. The number of benzene rings is 1. The molecule has 17 heavy (non-hydrogen) atoms. The summed E-state index contributed by atoms with van der Waals surface area (Å²) in [5, 5.41) is 9.83. The SMILES string of the molecule is CCCN(CC)[C@@H]1CCc2c(O)cccc2C1. The molecule has 1 atom stereocenters. The molecular formula is C15H23NO. The average molecular weight is 233 g/mol. The van der Waals surface area contributed by atoms with E-state index in [2.05, 4.69) is 24.8 Å². The summed E-state index contributed by atoms with van der Waals surface area (Å²) in [6.07, 6.45) is 4.51. The van der Waals surface area contributed by atoms with Crippen LogP contribution in [0.15, 0.2) is 18.2 Å². The summed E-state index contributed by atoms with van der Waals surface area (Å²) in [5.74, 6) is 0.486. The highest BCUT2D eigenvalue weighted by molar-refractivity contribution is 5.41. The maximum Gasteiger partial charge on any atom is 0.119 e. The normalized spacial score (nSPS) is 19.4. The van der Waals surface area contributed by atoms with Gasteiger partial charge in [-0.1, -0.05) is 26.0 Å². The van der Waals surface area contributed by atoms with Crippen LogP contribution < -0.4 is 0 Å². The van der Waals surface area contributed by atoms with Crippen molar-refractivity contribution < 1.29 is 5.11 Å². The molecule has 1 aliphatic rings. The van der Waals surface area contributed by atoms with Gasteiger partial charge in [-0.15, -0.1) is 0 Å². The molecule has 0 unspecified atom stereocenters. The number of hydrogen-bond acceptors (Lipinski definition) is 2. The van der Waals surface area contributed by atoms with Crippen molar-refractivity contribution in [1.29, 1.82) is 0 Å². The number of phenolic OH excluding ortho intramolecular Hbond substituents is 1. The van der Waals surface area contributed by atoms with E-state index in [0.29, 0.717) is 11.8 Å². The standard InChI is InChI=1S/C15H23NO/c1-3-10-16(4-2)13-8-9-14-12(11-13)6-5-7-15(14)17/h5-7,13,17H,3-4,8-11H2,1-2H3/t13-/m1/s1. The van der Waals surface area contributed by atoms with Crippen LogP contribution in [0.4, 0.5) is 0 Å². The highest BCUT2D eigenvalue weighted by Gasteiger charge is 2.24. The van der Waals surface area contributed by atoms with Gasteiger partial charge in [0.1, 0.15) is 5.75 Å². The van der Waals surface area contributed by atoms with Crippen molar-refractivity contribution in [3.63, 3.8) is 0 Å². The smallest absolute Gasteiger partial charge is 0.119 e. The van der Waals surface area contributed by atoms with Gasteiger partial charge >= 0.3 is 0 Å². The van der Waals surface area contributed by atoms with E-state index in [0.717, 1.165) is 19.4 Å². The molecule has 2 rings (SSSR count). The zero-order chi connectivity index (χ0) is 12.3. The molecule has 94 valence electrons.